The van der Waals surface area contributed by atoms with Crippen molar-refractivity contribution in [3.05, 3.63) is 71.8 Å². The topological polar surface area (TPSA) is 15.7 Å². The van der Waals surface area contributed by atoms with E-state index in [1.165, 1.54) is 50.1 Å². The first-order valence-electron chi connectivity index (χ1n) is 9.53. The van der Waals surface area contributed by atoms with Crippen LogP contribution in [0.2, 0.25) is 0 Å². The van der Waals surface area contributed by atoms with Crippen molar-refractivity contribution in [2.75, 3.05) is 26.2 Å². The van der Waals surface area contributed by atoms with E-state index in [9.17, 15) is 0 Å². The van der Waals surface area contributed by atoms with Crippen LogP contribution in [0.1, 0.15) is 24.0 Å². The third-order valence-corrected chi connectivity index (χ3v) is 5.57. The molecule has 1 aliphatic heterocycles. The van der Waals surface area contributed by atoms with Crippen LogP contribution >= 0.6 is 0 Å². The van der Waals surface area contributed by atoms with Crippen LogP contribution in [0.25, 0.3) is 0 Å². The average Bonchev–Trinajstić information content (AvgIpc) is 2.63. The van der Waals surface area contributed by atoms with Crippen LogP contribution in [-0.4, -0.2) is 48.1 Å². The van der Waals surface area contributed by atoms with E-state index in [0.717, 1.165) is 19.2 Å². The number of hydrogen-bond acceptors (Lipinski definition) is 3. The van der Waals surface area contributed by atoms with E-state index in [1.807, 2.05) is 0 Å². The molecule has 132 valence electrons. The summed E-state index contributed by atoms with van der Waals surface area (Å²) in [6, 6.07) is 22.1. The first-order valence-corrected chi connectivity index (χ1v) is 9.53. The van der Waals surface area contributed by atoms with Gasteiger partial charge >= 0.3 is 0 Å². The highest BCUT2D eigenvalue weighted by Gasteiger charge is 2.35. The lowest BCUT2D eigenvalue weighted by molar-refractivity contribution is -0.0678. The summed E-state index contributed by atoms with van der Waals surface area (Å²) < 4.78 is 6.05. The second-order valence-electron chi connectivity index (χ2n) is 7.34. The van der Waals surface area contributed by atoms with Crippen LogP contribution in [0, 0.1) is 0 Å². The van der Waals surface area contributed by atoms with Crippen LogP contribution in [0.5, 0.6) is 0 Å². The Kier molecular flexibility index (Phi) is 5.46. The molecule has 0 amide bonds. The second kappa shape index (κ2) is 8.13. The molecular formula is C22H28N2O. The Balaban J connectivity index is 1.15. The fourth-order valence-corrected chi connectivity index (χ4v) is 3.89. The maximum Gasteiger partial charge on any atom is 0.0720 e. The van der Waals surface area contributed by atoms with Crippen molar-refractivity contribution in [1.82, 2.24) is 9.80 Å². The molecule has 2 aromatic carbocycles. The monoisotopic (exact) mass is 336 g/mol. The zero-order valence-electron chi connectivity index (χ0n) is 14.9. The lowest BCUT2D eigenvalue weighted by Crippen LogP contribution is -2.55. The van der Waals surface area contributed by atoms with Gasteiger partial charge in [-0.25, -0.2) is 0 Å². The van der Waals surface area contributed by atoms with Crippen molar-refractivity contribution in [2.45, 2.75) is 38.1 Å². The maximum atomic E-state index is 6.05. The average molecular weight is 336 g/mol. The van der Waals surface area contributed by atoms with E-state index in [1.54, 1.807) is 0 Å². The number of hydrogen-bond donors (Lipinski definition) is 0. The summed E-state index contributed by atoms with van der Waals surface area (Å²) in [5.41, 5.74) is 2.70. The lowest BCUT2D eigenvalue weighted by Gasteiger charge is -2.46. The van der Waals surface area contributed by atoms with Crippen LogP contribution in [0.4, 0.5) is 0 Å². The molecule has 2 aromatic rings. The Hall–Kier alpha value is -1.68. The first kappa shape index (κ1) is 16.8. The van der Waals surface area contributed by atoms with Gasteiger partial charge in [0.25, 0.3) is 0 Å². The highest BCUT2D eigenvalue weighted by atomic mass is 16.5. The minimum Gasteiger partial charge on any atom is -0.373 e. The van der Waals surface area contributed by atoms with Crippen LogP contribution < -0.4 is 0 Å². The van der Waals surface area contributed by atoms with Gasteiger partial charge in [-0.3, -0.25) is 9.80 Å². The molecule has 1 aliphatic carbocycles. The molecular weight excluding hydrogens is 308 g/mol. The zero-order chi connectivity index (χ0) is 16.9. The van der Waals surface area contributed by atoms with Gasteiger partial charge in [0.05, 0.1) is 12.7 Å². The Morgan fingerprint density at radius 3 is 2.00 bits per heavy atom. The summed E-state index contributed by atoms with van der Waals surface area (Å²) in [5, 5.41) is 0. The normalized spacial score (nSPS) is 24.8. The predicted octanol–water partition coefficient (Wildman–Crippen LogP) is 3.55. The third kappa shape index (κ3) is 4.49. The molecule has 1 saturated heterocycles. The summed E-state index contributed by atoms with van der Waals surface area (Å²) >= 11 is 0. The largest absolute Gasteiger partial charge is 0.373 e. The van der Waals surface area contributed by atoms with Crippen molar-refractivity contribution >= 4 is 0 Å². The number of nitrogens with zero attached hydrogens (tertiary/aromatic N) is 2. The van der Waals surface area contributed by atoms with Gasteiger partial charge in [-0.05, 0) is 24.0 Å². The Morgan fingerprint density at radius 1 is 0.760 bits per heavy atom. The molecule has 0 bridgehead atoms. The molecule has 0 N–H and O–H groups in total. The Bertz CT molecular complexity index is 632. The summed E-state index contributed by atoms with van der Waals surface area (Å²) in [7, 11) is 0. The van der Waals surface area contributed by atoms with E-state index in [-0.39, 0.29) is 0 Å². The third-order valence-electron chi connectivity index (χ3n) is 5.57. The molecule has 1 saturated carbocycles. The van der Waals surface area contributed by atoms with Gasteiger partial charge in [-0.2, -0.15) is 0 Å². The Labute approximate surface area is 151 Å². The summed E-state index contributed by atoms with van der Waals surface area (Å²) in [4.78, 5) is 5.25. The number of benzene rings is 2. The predicted molar refractivity (Wildman–Crippen MR) is 101 cm³/mol. The second-order valence-corrected chi connectivity index (χ2v) is 7.34. The number of piperazine rings is 1. The Morgan fingerprint density at radius 2 is 1.36 bits per heavy atom. The van der Waals surface area contributed by atoms with Crippen LogP contribution in [-0.2, 0) is 17.9 Å². The fraction of sp³-hybridized carbons (Fsp3) is 0.455. The minimum atomic E-state index is 0.451. The van der Waals surface area contributed by atoms with Gasteiger partial charge in [0.2, 0.25) is 0 Å². The fourth-order valence-electron chi connectivity index (χ4n) is 3.89. The summed E-state index contributed by atoms with van der Waals surface area (Å²) in [6.45, 7) is 6.60. The van der Waals surface area contributed by atoms with Crippen molar-refractivity contribution in [1.29, 1.82) is 0 Å². The van der Waals surface area contributed by atoms with Gasteiger partial charge in [0.15, 0.2) is 0 Å². The molecule has 4 rings (SSSR count). The molecule has 25 heavy (non-hydrogen) atoms. The number of ether oxygens (including phenoxy) is 1. The molecule has 0 aromatic heterocycles. The summed E-state index contributed by atoms with van der Waals surface area (Å²) in [5.74, 6) is 0. The van der Waals surface area contributed by atoms with Gasteiger partial charge < -0.3 is 4.74 Å². The van der Waals surface area contributed by atoms with Gasteiger partial charge in [-0.1, -0.05) is 60.7 Å². The van der Waals surface area contributed by atoms with E-state index < -0.39 is 0 Å². The molecule has 2 fully saturated rings. The first-order chi connectivity index (χ1) is 12.4. The molecule has 2 aliphatic rings. The van der Waals surface area contributed by atoms with E-state index in [4.69, 9.17) is 4.74 Å². The molecule has 0 spiro atoms. The van der Waals surface area contributed by atoms with E-state index >= 15 is 0 Å². The van der Waals surface area contributed by atoms with Crippen molar-refractivity contribution in [3.8, 4) is 0 Å². The molecule has 3 heteroatoms. The van der Waals surface area contributed by atoms with Crippen LogP contribution in [0.15, 0.2) is 60.7 Å². The highest BCUT2D eigenvalue weighted by Crippen LogP contribution is 2.30. The lowest BCUT2D eigenvalue weighted by atomic mass is 9.87. The van der Waals surface area contributed by atoms with Gasteiger partial charge in [0.1, 0.15) is 0 Å². The molecule has 0 atom stereocenters. The molecule has 1 heterocycles. The maximum absolute atomic E-state index is 6.05. The molecule has 0 radical (unpaired) electrons. The van der Waals surface area contributed by atoms with Crippen molar-refractivity contribution in [3.63, 3.8) is 0 Å². The smallest absolute Gasteiger partial charge is 0.0720 e. The van der Waals surface area contributed by atoms with Crippen molar-refractivity contribution < 1.29 is 4.74 Å². The molecule has 0 unspecified atom stereocenters. The quantitative estimate of drug-likeness (QED) is 0.802. The van der Waals surface area contributed by atoms with Gasteiger partial charge in [0, 0.05) is 38.8 Å². The van der Waals surface area contributed by atoms with Gasteiger partial charge in [-0.15, -0.1) is 0 Å². The van der Waals surface area contributed by atoms with Crippen LogP contribution in [0.3, 0.4) is 0 Å². The standard InChI is InChI=1S/C22H28N2O/c1-3-7-19(8-4-1)17-23-11-13-24(14-12-23)21-15-22(16-21)25-18-20-9-5-2-6-10-20/h1-10,21-22H,11-18H2/t21-,22+. The minimum absolute atomic E-state index is 0.451. The number of rotatable bonds is 6. The SMILES string of the molecule is c1ccc(CO[C@H]2C[C@@H](N3CCN(Cc4ccccc4)CC3)C2)cc1. The van der Waals surface area contributed by atoms with E-state index in [2.05, 4.69) is 70.5 Å². The summed E-state index contributed by atoms with van der Waals surface area (Å²) in [6.07, 6.45) is 2.85. The van der Waals surface area contributed by atoms with Crippen molar-refractivity contribution in [2.24, 2.45) is 0 Å². The highest BCUT2D eigenvalue weighted by molar-refractivity contribution is 5.15. The zero-order valence-corrected chi connectivity index (χ0v) is 14.9. The molecule has 3 nitrogen and oxygen atoms in total. The van der Waals surface area contributed by atoms with E-state index in [0.29, 0.717) is 6.10 Å².